The molecule has 152 valence electrons. The van der Waals surface area contributed by atoms with E-state index < -0.39 is 5.92 Å². The van der Waals surface area contributed by atoms with E-state index in [-0.39, 0.29) is 17.2 Å². The molecular formula is C23H21N3O3S. The molecular weight excluding hydrogens is 398 g/mol. The highest BCUT2D eigenvalue weighted by atomic mass is 32.2. The molecule has 1 aliphatic heterocycles. The minimum absolute atomic E-state index is 0.0155. The number of aromatic nitrogens is 1. The Morgan fingerprint density at radius 3 is 2.93 bits per heavy atom. The molecule has 0 unspecified atom stereocenters. The molecule has 2 N–H and O–H groups in total. The lowest BCUT2D eigenvalue weighted by molar-refractivity contribution is -0.116. The highest BCUT2D eigenvalue weighted by molar-refractivity contribution is 7.98. The number of thioether (sulfide) groups is 1. The lowest BCUT2D eigenvalue weighted by atomic mass is 9.77. The van der Waals surface area contributed by atoms with Crippen molar-refractivity contribution in [2.75, 3.05) is 7.11 Å². The predicted octanol–water partition coefficient (Wildman–Crippen LogP) is 4.20. The largest absolute Gasteiger partial charge is 0.496 e. The van der Waals surface area contributed by atoms with Gasteiger partial charge in [-0.15, -0.1) is 11.8 Å². The van der Waals surface area contributed by atoms with Crippen LogP contribution in [0, 0.1) is 11.3 Å². The summed E-state index contributed by atoms with van der Waals surface area (Å²) in [6.07, 6.45) is 3.59. The molecule has 1 aromatic heterocycles. The Balaban J connectivity index is 1.74. The summed E-state index contributed by atoms with van der Waals surface area (Å²) in [5, 5.41) is 10.7. The minimum Gasteiger partial charge on any atom is -0.496 e. The predicted molar refractivity (Wildman–Crippen MR) is 113 cm³/mol. The van der Waals surface area contributed by atoms with Gasteiger partial charge in [0.15, 0.2) is 5.78 Å². The highest BCUT2D eigenvalue weighted by Gasteiger charge is 2.38. The summed E-state index contributed by atoms with van der Waals surface area (Å²) < 4.78 is 11.2. The number of nitriles is 1. The van der Waals surface area contributed by atoms with E-state index in [1.54, 1.807) is 25.1 Å². The average molecular weight is 420 g/mol. The van der Waals surface area contributed by atoms with Gasteiger partial charge in [-0.2, -0.15) is 5.26 Å². The molecule has 1 atom stereocenters. The van der Waals surface area contributed by atoms with Gasteiger partial charge in [0.2, 0.25) is 5.88 Å². The fourth-order valence-corrected chi connectivity index (χ4v) is 4.70. The first kappa shape index (κ1) is 20.0. The Hall–Kier alpha value is -3.24. The quantitative estimate of drug-likeness (QED) is 0.725. The zero-order valence-electron chi connectivity index (χ0n) is 16.6. The molecule has 30 heavy (non-hydrogen) atoms. The van der Waals surface area contributed by atoms with E-state index >= 15 is 0 Å². The maximum atomic E-state index is 12.8. The third-order valence-electron chi connectivity index (χ3n) is 5.26. The number of methoxy groups -OCH3 is 1. The van der Waals surface area contributed by atoms with E-state index in [9.17, 15) is 10.1 Å². The first-order valence-electron chi connectivity index (χ1n) is 9.67. The van der Waals surface area contributed by atoms with E-state index in [4.69, 9.17) is 15.2 Å². The number of hydrogen-bond donors (Lipinski definition) is 1. The SMILES string of the molecule is COc1ccc([C@H]2C(C#N)=C(N)OC3=C2C(=O)CCC3)cc1CSc1ccccn1. The number of allylic oxidation sites excluding steroid dienone is 3. The van der Waals surface area contributed by atoms with Gasteiger partial charge in [0.05, 0.1) is 18.1 Å². The van der Waals surface area contributed by atoms with E-state index in [1.165, 1.54) is 0 Å². The maximum absolute atomic E-state index is 12.8. The standard InChI is InChI=1S/C23H21N3O3S/c1-28-18-9-8-14(11-15(18)13-30-20-7-2-3-10-26-20)21-16(12-24)23(25)29-19-6-4-5-17(27)22(19)21/h2-3,7-11,21H,4-6,13,25H2,1H3/t21-/m0/s1. The van der Waals surface area contributed by atoms with Gasteiger partial charge in [0.25, 0.3) is 0 Å². The molecule has 0 bridgehead atoms. The second-order valence-electron chi connectivity index (χ2n) is 7.07. The van der Waals surface area contributed by atoms with E-state index in [0.717, 1.165) is 28.3 Å². The number of pyridine rings is 1. The Morgan fingerprint density at radius 2 is 2.20 bits per heavy atom. The van der Waals surface area contributed by atoms with Gasteiger partial charge in [-0.25, -0.2) is 4.98 Å². The van der Waals surface area contributed by atoms with Crippen LogP contribution in [0.1, 0.15) is 36.3 Å². The van der Waals surface area contributed by atoms with Crippen LogP contribution in [0.3, 0.4) is 0 Å². The smallest absolute Gasteiger partial charge is 0.205 e. The number of benzene rings is 1. The molecule has 2 aliphatic rings. The molecule has 2 aromatic rings. The zero-order valence-corrected chi connectivity index (χ0v) is 17.4. The number of carbonyl (C=O) groups excluding carboxylic acids is 1. The van der Waals surface area contributed by atoms with Crippen molar-refractivity contribution in [2.45, 2.75) is 36.0 Å². The number of ether oxygens (including phenoxy) is 2. The van der Waals surface area contributed by atoms with Crippen molar-refractivity contribution in [3.05, 3.63) is 76.5 Å². The summed E-state index contributed by atoms with van der Waals surface area (Å²) in [5.74, 6) is 1.55. The Labute approximate surface area is 179 Å². The molecule has 4 rings (SSSR count). The van der Waals surface area contributed by atoms with Crippen LogP contribution in [-0.4, -0.2) is 17.9 Å². The van der Waals surface area contributed by atoms with Gasteiger partial charge in [-0.1, -0.05) is 18.2 Å². The fraction of sp³-hybridized carbons (Fsp3) is 0.261. The third kappa shape index (κ3) is 3.79. The van der Waals surface area contributed by atoms with Crippen LogP contribution in [0.25, 0.3) is 0 Å². The molecule has 7 heteroatoms. The van der Waals surface area contributed by atoms with Crippen LogP contribution in [-0.2, 0) is 15.3 Å². The van der Waals surface area contributed by atoms with E-state index in [2.05, 4.69) is 11.1 Å². The molecule has 0 amide bonds. The van der Waals surface area contributed by atoms with Gasteiger partial charge in [0, 0.05) is 35.9 Å². The number of ketones is 1. The number of nitrogens with two attached hydrogens (primary N) is 1. The van der Waals surface area contributed by atoms with Crippen molar-refractivity contribution < 1.29 is 14.3 Å². The van der Waals surface area contributed by atoms with Gasteiger partial charge in [-0.05, 0) is 30.2 Å². The minimum atomic E-state index is -0.518. The van der Waals surface area contributed by atoms with Crippen LogP contribution in [0.2, 0.25) is 0 Å². The van der Waals surface area contributed by atoms with Crippen LogP contribution in [0.4, 0.5) is 0 Å². The van der Waals surface area contributed by atoms with Crippen molar-refractivity contribution >= 4 is 17.5 Å². The van der Waals surface area contributed by atoms with Crippen LogP contribution >= 0.6 is 11.8 Å². The maximum Gasteiger partial charge on any atom is 0.205 e. The number of hydrogen-bond acceptors (Lipinski definition) is 7. The second kappa shape index (κ2) is 8.64. The van der Waals surface area contributed by atoms with Crippen molar-refractivity contribution in [3.8, 4) is 11.8 Å². The molecule has 0 saturated carbocycles. The number of rotatable bonds is 5. The Morgan fingerprint density at radius 1 is 1.33 bits per heavy atom. The monoisotopic (exact) mass is 419 g/mol. The topological polar surface area (TPSA) is 98.2 Å². The molecule has 1 aliphatic carbocycles. The number of Topliss-reactive ketones (excluding diaryl/α,β-unsaturated/α-hetero) is 1. The lowest BCUT2D eigenvalue weighted by Gasteiger charge is -2.31. The second-order valence-corrected chi connectivity index (χ2v) is 8.06. The van der Waals surface area contributed by atoms with Crippen molar-refractivity contribution in [1.29, 1.82) is 5.26 Å². The summed E-state index contributed by atoms with van der Waals surface area (Å²) in [6, 6.07) is 13.7. The summed E-state index contributed by atoms with van der Waals surface area (Å²) >= 11 is 1.59. The fourth-order valence-electron chi connectivity index (χ4n) is 3.86. The Bertz CT molecular complexity index is 1090. The van der Waals surface area contributed by atoms with Crippen molar-refractivity contribution in [2.24, 2.45) is 5.73 Å². The van der Waals surface area contributed by atoms with E-state index in [0.29, 0.717) is 29.9 Å². The van der Waals surface area contributed by atoms with Gasteiger partial charge in [-0.3, -0.25) is 4.79 Å². The van der Waals surface area contributed by atoms with Gasteiger partial charge in [0.1, 0.15) is 23.2 Å². The van der Waals surface area contributed by atoms with Gasteiger partial charge < -0.3 is 15.2 Å². The summed E-state index contributed by atoms with van der Waals surface area (Å²) in [7, 11) is 1.63. The van der Waals surface area contributed by atoms with Crippen LogP contribution < -0.4 is 10.5 Å². The zero-order chi connectivity index (χ0) is 21.1. The van der Waals surface area contributed by atoms with E-state index in [1.807, 2.05) is 36.4 Å². The first-order valence-corrected chi connectivity index (χ1v) is 10.7. The first-order chi connectivity index (χ1) is 14.6. The normalized spacial score (nSPS) is 18.5. The number of carbonyl (C=O) groups is 1. The molecule has 0 radical (unpaired) electrons. The van der Waals surface area contributed by atoms with Crippen LogP contribution in [0.15, 0.2) is 70.4 Å². The van der Waals surface area contributed by atoms with Crippen molar-refractivity contribution in [3.63, 3.8) is 0 Å². The summed E-state index contributed by atoms with van der Waals surface area (Å²) in [6.45, 7) is 0. The molecule has 2 heterocycles. The molecule has 0 saturated heterocycles. The average Bonchev–Trinajstić information content (AvgIpc) is 2.77. The molecule has 6 nitrogen and oxygen atoms in total. The van der Waals surface area contributed by atoms with Gasteiger partial charge >= 0.3 is 0 Å². The van der Waals surface area contributed by atoms with Crippen LogP contribution in [0.5, 0.6) is 5.75 Å². The van der Waals surface area contributed by atoms with Crippen molar-refractivity contribution in [1.82, 2.24) is 4.98 Å². The molecule has 0 fully saturated rings. The Kier molecular flexibility index (Phi) is 5.77. The summed E-state index contributed by atoms with van der Waals surface area (Å²) in [4.78, 5) is 17.1. The third-order valence-corrected chi connectivity index (χ3v) is 6.25. The lowest BCUT2D eigenvalue weighted by Crippen LogP contribution is -2.27. The number of nitrogens with zero attached hydrogens (tertiary/aromatic N) is 2. The molecule has 0 spiro atoms. The molecule has 1 aromatic carbocycles. The highest BCUT2D eigenvalue weighted by Crippen LogP contribution is 2.44. The summed E-state index contributed by atoms with van der Waals surface area (Å²) in [5.41, 5.74) is 8.67.